The van der Waals surface area contributed by atoms with Crippen LogP contribution in [0.2, 0.25) is 0 Å². The molecule has 0 radical (unpaired) electrons. The van der Waals surface area contributed by atoms with Gasteiger partial charge in [0.15, 0.2) is 5.96 Å². The van der Waals surface area contributed by atoms with E-state index in [2.05, 4.69) is 15.6 Å². The summed E-state index contributed by atoms with van der Waals surface area (Å²) >= 11 is 0. The van der Waals surface area contributed by atoms with Gasteiger partial charge in [-0.05, 0) is 50.7 Å². The average Bonchev–Trinajstić information content (AvgIpc) is 3.55. The van der Waals surface area contributed by atoms with E-state index in [9.17, 15) is 19.2 Å². The number of aliphatic imine (C=N–C) groups is 1. The number of nitrogens with two attached hydrogens (primary N) is 3. The molecule has 8 N–H and O–H groups in total. The molecule has 0 aliphatic carbocycles. The minimum absolute atomic E-state index is 0.0546. The molecule has 2 heterocycles. The summed E-state index contributed by atoms with van der Waals surface area (Å²) < 4.78 is 0. The van der Waals surface area contributed by atoms with Crippen molar-refractivity contribution < 1.29 is 19.2 Å². The summed E-state index contributed by atoms with van der Waals surface area (Å²) in [4.78, 5) is 58.8. The average molecular weight is 501 g/mol. The minimum atomic E-state index is -0.882. The number of amides is 4. The number of carbonyl (C=O) groups is 4. The highest BCUT2D eigenvalue weighted by Crippen LogP contribution is 2.22. The first-order valence-corrected chi connectivity index (χ1v) is 12.3. The van der Waals surface area contributed by atoms with Gasteiger partial charge in [0.05, 0.1) is 6.54 Å². The summed E-state index contributed by atoms with van der Waals surface area (Å²) in [5.74, 6) is -1.37. The largest absolute Gasteiger partial charge is 0.370 e. The lowest BCUT2D eigenvalue weighted by atomic mass is 10.1. The molecule has 0 aromatic heterocycles. The van der Waals surface area contributed by atoms with E-state index >= 15 is 0 Å². The maximum Gasteiger partial charge on any atom is 0.247 e. The van der Waals surface area contributed by atoms with Gasteiger partial charge in [-0.1, -0.05) is 18.2 Å². The topological polar surface area (TPSA) is 189 Å². The Labute approximate surface area is 210 Å². The fourth-order valence-electron chi connectivity index (χ4n) is 4.73. The number of para-hydroxylation sites is 1. The molecule has 36 heavy (non-hydrogen) atoms. The van der Waals surface area contributed by atoms with Crippen molar-refractivity contribution in [1.82, 2.24) is 15.1 Å². The summed E-state index contributed by atoms with van der Waals surface area (Å²) in [5, 5.41) is 5.70. The Balaban J connectivity index is 1.72. The number of hydrogen-bond acceptors (Lipinski definition) is 6. The summed E-state index contributed by atoms with van der Waals surface area (Å²) in [7, 11) is 0. The van der Waals surface area contributed by atoms with Crippen molar-refractivity contribution in [1.29, 1.82) is 0 Å². The summed E-state index contributed by atoms with van der Waals surface area (Å²) in [6.45, 7) is 0.968. The first kappa shape index (κ1) is 26.9. The molecule has 1 aromatic carbocycles. The lowest BCUT2D eigenvalue weighted by molar-refractivity contribution is -0.142. The van der Waals surface area contributed by atoms with Gasteiger partial charge in [0.1, 0.15) is 18.1 Å². The molecule has 2 aliphatic heterocycles. The van der Waals surface area contributed by atoms with Gasteiger partial charge in [0.25, 0.3) is 0 Å². The van der Waals surface area contributed by atoms with Gasteiger partial charge in [-0.25, -0.2) is 0 Å². The third kappa shape index (κ3) is 6.94. The molecule has 0 spiro atoms. The van der Waals surface area contributed by atoms with Crippen molar-refractivity contribution in [2.45, 2.75) is 56.7 Å². The van der Waals surface area contributed by atoms with Crippen LogP contribution in [0.5, 0.6) is 0 Å². The van der Waals surface area contributed by atoms with Crippen molar-refractivity contribution in [2.75, 3.05) is 31.5 Å². The van der Waals surface area contributed by atoms with E-state index in [0.29, 0.717) is 57.4 Å². The van der Waals surface area contributed by atoms with Crippen LogP contribution in [0.3, 0.4) is 0 Å². The molecule has 1 aromatic rings. The number of nitrogens with zero attached hydrogens (tertiary/aromatic N) is 3. The molecule has 4 amide bonds. The highest BCUT2D eigenvalue weighted by Gasteiger charge is 2.39. The fourth-order valence-corrected chi connectivity index (χ4v) is 4.73. The predicted octanol–water partition coefficient (Wildman–Crippen LogP) is -0.896. The molecular formula is C24H36N8O4. The monoisotopic (exact) mass is 500 g/mol. The molecular weight excluding hydrogens is 464 g/mol. The van der Waals surface area contributed by atoms with Gasteiger partial charge in [0.2, 0.25) is 23.6 Å². The smallest absolute Gasteiger partial charge is 0.247 e. The van der Waals surface area contributed by atoms with Gasteiger partial charge >= 0.3 is 0 Å². The highest BCUT2D eigenvalue weighted by atomic mass is 16.2. The summed E-state index contributed by atoms with van der Waals surface area (Å²) in [5.41, 5.74) is 16.9. The van der Waals surface area contributed by atoms with E-state index < -0.39 is 24.0 Å². The van der Waals surface area contributed by atoms with Crippen LogP contribution in [-0.2, 0) is 19.2 Å². The summed E-state index contributed by atoms with van der Waals surface area (Å²) in [6.07, 6.45) is 3.11. The SMILES string of the molecule is NCC(=O)N1CCC[C@H]1C(=O)N[C@@H](CCCN=C(N)N)C(=O)N1CCC[C@H]1C(=O)Nc1ccccc1. The van der Waals surface area contributed by atoms with Crippen LogP contribution in [0.1, 0.15) is 38.5 Å². The number of rotatable bonds is 10. The number of nitrogens with one attached hydrogen (secondary N) is 2. The Kier molecular flexibility index (Phi) is 9.62. The lowest BCUT2D eigenvalue weighted by Gasteiger charge is -2.30. The summed E-state index contributed by atoms with van der Waals surface area (Å²) in [6, 6.07) is 6.84. The first-order chi connectivity index (χ1) is 17.3. The number of benzene rings is 1. The Morgan fingerprint density at radius 2 is 1.61 bits per heavy atom. The molecule has 3 rings (SSSR count). The van der Waals surface area contributed by atoms with Crippen LogP contribution in [0.4, 0.5) is 5.69 Å². The van der Waals surface area contributed by atoms with Crippen LogP contribution in [0.25, 0.3) is 0 Å². The fraction of sp³-hybridized carbons (Fsp3) is 0.542. The van der Waals surface area contributed by atoms with E-state index in [1.165, 1.54) is 9.80 Å². The second-order valence-electron chi connectivity index (χ2n) is 9.00. The second-order valence-corrected chi connectivity index (χ2v) is 9.00. The van der Waals surface area contributed by atoms with Crippen LogP contribution in [0.15, 0.2) is 35.3 Å². The standard InChI is InChI=1S/C24H36N8O4/c25-15-20(33)31-13-5-10-18(31)22(35)30-17(9-4-12-28-24(26)27)23(36)32-14-6-11-19(32)21(34)29-16-7-2-1-3-8-16/h1-3,7-8,17-19H,4-6,9-15,25H2,(H,29,34)(H,30,35)(H4,26,27,28)/t17-,18-,19-/m0/s1. The third-order valence-electron chi connectivity index (χ3n) is 6.49. The quantitative estimate of drug-likeness (QED) is 0.156. The zero-order valence-electron chi connectivity index (χ0n) is 20.4. The molecule has 2 aliphatic rings. The van der Waals surface area contributed by atoms with E-state index in [0.717, 1.165) is 0 Å². The third-order valence-corrected chi connectivity index (χ3v) is 6.49. The van der Waals surface area contributed by atoms with Crippen molar-refractivity contribution in [3.05, 3.63) is 30.3 Å². The Bertz CT molecular complexity index is 966. The lowest BCUT2D eigenvalue weighted by Crippen LogP contribution is -2.56. The predicted molar refractivity (Wildman–Crippen MR) is 135 cm³/mol. The maximum atomic E-state index is 13.6. The molecule has 0 saturated carbocycles. The van der Waals surface area contributed by atoms with Crippen LogP contribution >= 0.6 is 0 Å². The Morgan fingerprint density at radius 1 is 0.972 bits per heavy atom. The van der Waals surface area contributed by atoms with Gasteiger partial charge in [-0.3, -0.25) is 24.2 Å². The molecule has 196 valence electrons. The van der Waals surface area contributed by atoms with Crippen LogP contribution in [0, 0.1) is 0 Å². The molecule has 0 bridgehead atoms. The highest BCUT2D eigenvalue weighted by molar-refractivity contribution is 5.99. The molecule has 3 atom stereocenters. The molecule has 12 nitrogen and oxygen atoms in total. The molecule has 0 unspecified atom stereocenters. The first-order valence-electron chi connectivity index (χ1n) is 12.3. The van der Waals surface area contributed by atoms with Gasteiger partial charge in [-0.15, -0.1) is 0 Å². The van der Waals surface area contributed by atoms with E-state index in [1.807, 2.05) is 18.2 Å². The van der Waals surface area contributed by atoms with Crippen LogP contribution < -0.4 is 27.8 Å². The van der Waals surface area contributed by atoms with Gasteiger partial charge < -0.3 is 37.6 Å². The van der Waals surface area contributed by atoms with Crippen molar-refractivity contribution in [3.63, 3.8) is 0 Å². The zero-order valence-corrected chi connectivity index (χ0v) is 20.4. The maximum absolute atomic E-state index is 13.6. The normalized spacial score (nSPS) is 20.0. The Hall–Kier alpha value is -3.67. The van der Waals surface area contributed by atoms with E-state index in [1.54, 1.807) is 12.1 Å². The van der Waals surface area contributed by atoms with Gasteiger partial charge in [0, 0.05) is 25.3 Å². The van der Waals surface area contributed by atoms with Crippen molar-refractivity contribution in [2.24, 2.45) is 22.2 Å². The van der Waals surface area contributed by atoms with Crippen molar-refractivity contribution in [3.8, 4) is 0 Å². The Morgan fingerprint density at radius 3 is 2.25 bits per heavy atom. The van der Waals surface area contributed by atoms with Crippen molar-refractivity contribution >= 4 is 35.3 Å². The van der Waals surface area contributed by atoms with Gasteiger partial charge in [-0.2, -0.15) is 0 Å². The van der Waals surface area contributed by atoms with Crippen LogP contribution in [-0.4, -0.2) is 83.7 Å². The molecule has 2 fully saturated rings. The number of anilines is 1. The second kappa shape index (κ2) is 12.9. The number of guanidine groups is 1. The number of likely N-dealkylation sites (tertiary alicyclic amines) is 2. The number of carbonyl (C=O) groups excluding carboxylic acids is 4. The molecule has 2 saturated heterocycles. The minimum Gasteiger partial charge on any atom is -0.370 e. The number of hydrogen-bond donors (Lipinski definition) is 5. The zero-order chi connectivity index (χ0) is 26.1. The van der Waals surface area contributed by atoms with E-state index in [-0.39, 0.29) is 36.6 Å². The molecule has 12 heteroatoms. The van der Waals surface area contributed by atoms with E-state index in [4.69, 9.17) is 17.2 Å².